The molecule has 0 N–H and O–H groups in total. The summed E-state index contributed by atoms with van der Waals surface area (Å²) in [6, 6.07) is 0. The molecule has 0 aromatic carbocycles. The van der Waals surface area contributed by atoms with Crippen molar-refractivity contribution < 1.29 is 174 Å². The van der Waals surface area contributed by atoms with Crippen LogP contribution in [0.5, 0.6) is 0 Å². The number of hydrogen-bond acceptors (Lipinski definition) is 3. The number of halogens is 1. The standard InChI is InChI=1S/C2H3F.BO3.3K/c1-2-3;2-1(3)4;;;/h2H,1H2;;;;/q;-3;3*+1. The quantitative estimate of drug-likeness (QED) is 0.382. The van der Waals surface area contributed by atoms with E-state index in [9.17, 15) is 4.39 Å². The Morgan fingerprint density at radius 2 is 1.10 bits per heavy atom. The predicted octanol–water partition coefficient (Wildman–Crippen LogP) is -11.8. The molecular formula is C2H3BFK3O3. The van der Waals surface area contributed by atoms with E-state index in [0.717, 1.165) is 0 Å². The van der Waals surface area contributed by atoms with Crippen LogP contribution in [0.1, 0.15) is 0 Å². The summed E-state index contributed by atoms with van der Waals surface area (Å²) in [7, 11) is -2.92. The van der Waals surface area contributed by atoms with E-state index in [1.54, 1.807) is 0 Å². The summed E-state index contributed by atoms with van der Waals surface area (Å²) in [6.07, 6.45) is 0.250. The van der Waals surface area contributed by atoms with Gasteiger partial charge in [-0.1, -0.05) is 6.58 Å². The van der Waals surface area contributed by atoms with Gasteiger partial charge < -0.3 is 15.1 Å². The Bertz CT molecular complexity index is 46.0. The molecule has 0 aliphatic carbocycles. The van der Waals surface area contributed by atoms with Crippen LogP contribution >= 0.6 is 0 Å². The fraction of sp³-hybridized carbons (Fsp3) is 0. The van der Waals surface area contributed by atoms with E-state index in [2.05, 4.69) is 6.58 Å². The molecule has 0 saturated heterocycles. The van der Waals surface area contributed by atoms with Crippen molar-refractivity contribution in [3.05, 3.63) is 12.9 Å². The molecule has 0 spiro atoms. The van der Waals surface area contributed by atoms with Gasteiger partial charge in [-0.15, -0.1) is 0 Å². The molecule has 10 heavy (non-hydrogen) atoms. The van der Waals surface area contributed by atoms with Crippen LogP contribution in [-0.2, 0) is 0 Å². The van der Waals surface area contributed by atoms with Crippen LogP contribution in [-0.4, -0.2) is 7.32 Å². The minimum Gasteiger partial charge on any atom is -0.907 e. The van der Waals surface area contributed by atoms with Crippen molar-refractivity contribution in [3.63, 3.8) is 0 Å². The molecule has 0 aromatic rings. The van der Waals surface area contributed by atoms with E-state index in [1.165, 1.54) is 0 Å². The average molecular weight is 222 g/mol. The second-order valence-electron chi connectivity index (χ2n) is 0.443. The van der Waals surface area contributed by atoms with Crippen LogP contribution in [0.15, 0.2) is 12.9 Å². The Hall–Kier alpha value is 4.52. The topological polar surface area (TPSA) is 69.2 Å². The van der Waals surface area contributed by atoms with Crippen molar-refractivity contribution in [1.29, 1.82) is 0 Å². The second kappa shape index (κ2) is 29.2. The van der Waals surface area contributed by atoms with Gasteiger partial charge in [0.1, 0.15) is 0 Å². The number of rotatable bonds is 0. The van der Waals surface area contributed by atoms with E-state index in [4.69, 9.17) is 15.1 Å². The smallest absolute Gasteiger partial charge is 0.907 e. The monoisotopic (exact) mass is 222 g/mol. The van der Waals surface area contributed by atoms with Crippen molar-refractivity contribution in [3.8, 4) is 0 Å². The first kappa shape index (κ1) is 29.3. The molecular weight excluding hydrogens is 219 g/mol. The van der Waals surface area contributed by atoms with Crippen LogP contribution in [0.2, 0.25) is 0 Å². The molecule has 0 radical (unpaired) electrons. The first-order chi connectivity index (χ1) is 3.15. The Labute approximate surface area is 188 Å². The second-order valence-corrected chi connectivity index (χ2v) is 0.443. The molecule has 0 unspecified atom stereocenters. The van der Waals surface area contributed by atoms with E-state index in [1.807, 2.05) is 0 Å². The molecule has 8 heteroatoms. The van der Waals surface area contributed by atoms with Crippen molar-refractivity contribution >= 4 is 7.32 Å². The maximum atomic E-state index is 10.1. The molecule has 0 bridgehead atoms. The largest absolute Gasteiger partial charge is 1.00 e. The van der Waals surface area contributed by atoms with Gasteiger partial charge in [0, 0.05) is 0 Å². The maximum absolute atomic E-state index is 10.1. The Morgan fingerprint density at radius 3 is 1.10 bits per heavy atom. The van der Waals surface area contributed by atoms with Crippen molar-refractivity contribution in [2.24, 2.45) is 0 Å². The van der Waals surface area contributed by atoms with Gasteiger partial charge in [0.25, 0.3) is 0 Å². The molecule has 0 fully saturated rings. The first-order valence-corrected chi connectivity index (χ1v) is 1.33. The van der Waals surface area contributed by atoms with E-state index in [0.29, 0.717) is 0 Å². The van der Waals surface area contributed by atoms with Crippen molar-refractivity contribution in [1.82, 2.24) is 0 Å². The van der Waals surface area contributed by atoms with Gasteiger partial charge in [-0.2, -0.15) is 0 Å². The zero-order chi connectivity index (χ0) is 6.28. The zero-order valence-corrected chi connectivity index (χ0v) is 15.8. The molecule has 0 aliphatic rings. The summed E-state index contributed by atoms with van der Waals surface area (Å²) in [6.45, 7) is 2.69. The summed E-state index contributed by atoms with van der Waals surface area (Å²) in [4.78, 5) is 0. The Balaban J connectivity index is -0.0000000131. The zero-order valence-electron chi connectivity index (χ0n) is 6.46. The molecule has 0 heterocycles. The molecule has 0 saturated carbocycles. The minimum absolute atomic E-state index is 0. The third kappa shape index (κ3) is 81.3. The fourth-order valence-corrected chi connectivity index (χ4v) is 0. The summed E-state index contributed by atoms with van der Waals surface area (Å²) < 4.78 is 10.1. The molecule has 0 aromatic heterocycles. The van der Waals surface area contributed by atoms with Crippen LogP contribution in [0.3, 0.4) is 0 Å². The van der Waals surface area contributed by atoms with Gasteiger partial charge in [-0.25, -0.2) is 4.39 Å². The van der Waals surface area contributed by atoms with Crippen LogP contribution < -0.4 is 169 Å². The normalized spacial score (nSPS) is 4.00. The van der Waals surface area contributed by atoms with E-state index in [-0.39, 0.29) is 160 Å². The van der Waals surface area contributed by atoms with Crippen molar-refractivity contribution in [2.45, 2.75) is 0 Å². The molecule has 0 amide bonds. The molecule has 0 rings (SSSR count). The van der Waals surface area contributed by atoms with Gasteiger partial charge in [0.15, 0.2) is 0 Å². The Kier molecular flexibility index (Phi) is 85.5. The summed E-state index contributed by atoms with van der Waals surface area (Å²) in [5, 5.41) is 25.2. The summed E-state index contributed by atoms with van der Waals surface area (Å²) >= 11 is 0. The van der Waals surface area contributed by atoms with Gasteiger partial charge in [-0.05, 0) is 0 Å². The summed E-state index contributed by atoms with van der Waals surface area (Å²) in [5.41, 5.74) is 0. The molecule has 42 valence electrons. The van der Waals surface area contributed by atoms with Gasteiger partial charge in [0.2, 0.25) is 0 Å². The Morgan fingerprint density at radius 1 is 1.10 bits per heavy atom. The number of hydrogen-bond donors (Lipinski definition) is 0. The molecule has 3 nitrogen and oxygen atoms in total. The minimum atomic E-state index is -2.92. The fourth-order valence-electron chi connectivity index (χ4n) is 0. The maximum Gasteiger partial charge on any atom is 1.00 e. The van der Waals surface area contributed by atoms with Gasteiger partial charge in [-0.3, -0.25) is 7.32 Å². The molecule has 0 atom stereocenters. The first-order valence-electron chi connectivity index (χ1n) is 1.33. The van der Waals surface area contributed by atoms with Gasteiger partial charge >= 0.3 is 154 Å². The van der Waals surface area contributed by atoms with Crippen LogP contribution in [0.25, 0.3) is 0 Å². The molecule has 0 aliphatic heterocycles. The predicted molar refractivity (Wildman–Crippen MR) is 17.1 cm³/mol. The third-order valence-electron chi connectivity index (χ3n) is 0. The summed E-state index contributed by atoms with van der Waals surface area (Å²) in [5.74, 6) is 0. The third-order valence-corrected chi connectivity index (χ3v) is 0. The van der Waals surface area contributed by atoms with E-state index < -0.39 is 7.32 Å². The SMILES string of the molecule is C=CF.[K+].[K+].[K+].[O-]B([O-])[O-]. The average Bonchev–Trinajstić information content (AvgIpc) is 1.33. The van der Waals surface area contributed by atoms with Crippen molar-refractivity contribution in [2.75, 3.05) is 0 Å². The van der Waals surface area contributed by atoms with Crippen LogP contribution in [0, 0.1) is 0 Å². The van der Waals surface area contributed by atoms with E-state index >= 15 is 0 Å². The van der Waals surface area contributed by atoms with Gasteiger partial charge in [0.05, 0.1) is 6.33 Å². The van der Waals surface area contributed by atoms with Crippen LogP contribution in [0.4, 0.5) is 4.39 Å².